The second kappa shape index (κ2) is 7.17. The third-order valence-corrected chi connectivity index (χ3v) is 3.84. The topological polar surface area (TPSA) is 91.3 Å². The van der Waals surface area contributed by atoms with Crippen LogP contribution in [-0.4, -0.2) is 40.1 Å². The number of pyridine rings is 1. The molecule has 1 fully saturated rings. The zero-order valence-corrected chi connectivity index (χ0v) is 12.1. The lowest BCUT2D eigenvalue weighted by atomic mass is 9.90. The van der Waals surface area contributed by atoms with E-state index in [0.29, 0.717) is 5.56 Å². The largest absolute Gasteiger partial charge is 0.480 e. The van der Waals surface area contributed by atoms with Crippen molar-refractivity contribution < 1.29 is 14.7 Å². The lowest BCUT2D eigenvalue weighted by molar-refractivity contribution is -0.139. The van der Waals surface area contributed by atoms with Gasteiger partial charge in [0.25, 0.3) is 5.91 Å². The number of rotatable bonds is 5. The van der Waals surface area contributed by atoms with Crippen LogP contribution in [0, 0.1) is 0 Å². The molecule has 114 valence electrons. The molecule has 2 rings (SSSR count). The molecule has 1 unspecified atom stereocenters. The molecule has 6 nitrogen and oxygen atoms in total. The fourth-order valence-electron chi connectivity index (χ4n) is 2.60. The fraction of sp³-hybridized carbons (Fsp3) is 0.533. The number of nitrogens with one attached hydrogen (secondary N) is 2. The predicted molar refractivity (Wildman–Crippen MR) is 78.0 cm³/mol. The molecule has 0 spiro atoms. The maximum atomic E-state index is 12.0. The first kappa shape index (κ1) is 15.4. The molecule has 0 bridgehead atoms. The van der Waals surface area contributed by atoms with Crippen molar-refractivity contribution in [2.24, 2.45) is 0 Å². The highest BCUT2D eigenvalue weighted by atomic mass is 16.4. The van der Waals surface area contributed by atoms with Crippen LogP contribution < -0.4 is 10.6 Å². The molecule has 1 aliphatic rings. The van der Waals surface area contributed by atoms with Crippen LogP contribution in [0.4, 0.5) is 0 Å². The van der Waals surface area contributed by atoms with Crippen LogP contribution in [0.25, 0.3) is 0 Å². The minimum atomic E-state index is -0.831. The molecule has 1 heterocycles. The van der Waals surface area contributed by atoms with E-state index in [1.54, 1.807) is 31.5 Å². The monoisotopic (exact) mass is 291 g/mol. The van der Waals surface area contributed by atoms with Crippen LogP contribution in [0.2, 0.25) is 0 Å². The third kappa shape index (κ3) is 4.53. The molecule has 21 heavy (non-hydrogen) atoms. The minimum absolute atomic E-state index is 0.0987. The average Bonchev–Trinajstić information content (AvgIpc) is 2.50. The minimum Gasteiger partial charge on any atom is -0.480 e. The number of hydrogen-bond acceptors (Lipinski definition) is 4. The Morgan fingerprint density at radius 1 is 1.29 bits per heavy atom. The Kier molecular flexibility index (Phi) is 5.27. The normalized spacial score (nSPS) is 23.3. The van der Waals surface area contributed by atoms with Gasteiger partial charge in [-0.15, -0.1) is 0 Å². The summed E-state index contributed by atoms with van der Waals surface area (Å²) in [4.78, 5) is 26.8. The van der Waals surface area contributed by atoms with Gasteiger partial charge >= 0.3 is 5.97 Å². The quantitative estimate of drug-likeness (QED) is 0.758. The van der Waals surface area contributed by atoms with Crippen LogP contribution in [-0.2, 0) is 4.79 Å². The van der Waals surface area contributed by atoms with Crippen molar-refractivity contribution in [2.75, 3.05) is 0 Å². The fourth-order valence-corrected chi connectivity index (χ4v) is 2.60. The van der Waals surface area contributed by atoms with E-state index in [1.807, 2.05) is 0 Å². The summed E-state index contributed by atoms with van der Waals surface area (Å²) in [7, 11) is 0. The number of aromatic nitrogens is 1. The lowest BCUT2D eigenvalue weighted by Gasteiger charge is -2.30. The molecule has 3 N–H and O–H groups in total. The Morgan fingerprint density at radius 2 is 1.95 bits per heavy atom. The lowest BCUT2D eigenvalue weighted by Crippen LogP contribution is -2.46. The first-order valence-electron chi connectivity index (χ1n) is 7.26. The van der Waals surface area contributed by atoms with Gasteiger partial charge in [-0.05, 0) is 44.7 Å². The number of carboxylic acids is 1. The standard InChI is InChI=1S/C15H21N3O3/c1-10(15(20)21)17-12-4-6-13(7-5-12)18-14(19)11-3-2-8-16-9-11/h2-3,8-10,12-13,17H,4-7H2,1H3,(H,18,19)(H,20,21). The van der Waals surface area contributed by atoms with Gasteiger partial charge in [0.05, 0.1) is 5.56 Å². The van der Waals surface area contributed by atoms with Gasteiger partial charge in [-0.1, -0.05) is 0 Å². The van der Waals surface area contributed by atoms with Crippen LogP contribution in [0.1, 0.15) is 43.0 Å². The molecule has 1 atom stereocenters. The number of nitrogens with zero attached hydrogens (tertiary/aromatic N) is 1. The van der Waals surface area contributed by atoms with Gasteiger partial charge in [0.15, 0.2) is 0 Å². The van der Waals surface area contributed by atoms with Gasteiger partial charge in [0.1, 0.15) is 6.04 Å². The summed E-state index contributed by atoms with van der Waals surface area (Å²) in [5, 5.41) is 15.0. The summed E-state index contributed by atoms with van der Waals surface area (Å²) >= 11 is 0. The van der Waals surface area contributed by atoms with Crippen molar-refractivity contribution >= 4 is 11.9 Å². The summed E-state index contributed by atoms with van der Waals surface area (Å²) in [5.74, 6) is -0.930. The van der Waals surface area contributed by atoms with E-state index in [9.17, 15) is 9.59 Å². The average molecular weight is 291 g/mol. The van der Waals surface area contributed by atoms with E-state index in [4.69, 9.17) is 5.11 Å². The van der Waals surface area contributed by atoms with Crippen molar-refractivity contribution in [3.63, 3.8) is 0 Å². The molecular weight excluding hydrogens is 270 g/mol. The molecule has 1 amide bonds. The first-order valence-corrected chi connectivity index (χ1v) is 7.26. The Morgan fingerprint density at radius 3 is 2.52 bits per heavy atom. The predicted octanol–water partition coefficient (Wildman–Crippen LogP) is 1.19. The molecule has 0 aromatic carbocycles. The molecule has 1 saturated carbocycles. The maximum Gasteiger partial charge on any atom is 0.320 e. The van der Waals surface area contributed by atoms with Crippen molar-refractivity contribution in [1.82, 2.24) is 15.6 Å². The summed E-state index contributed by atoms with van der Waals surface area (Å²) in [6, 6.07) is 3.31. The van der Waals surface area contributed by atoms with Gasteiger partial charge in [-0.2, -0.15) is 0 Å². The first-order chi connectivity index (χ1) is 10.1. The number of carboxylic acid groups (broad SMARTS) is 1. The summed E-state index contributed by atoms with van der Waals surface area (Å²) < 4.78 is 0. The number of hydrogen-bond donors (Lipinski definition) is 3. The Labute approximate surface area is 124 Å². The van der Waals surface area contributed by atoms with Crippen molar-refractivity contribution in [3.05, 3.63) is 30.1 Å². The number of amides is 1. The highest BCUT2D eigenvalue weighted by Crippen LogP contribution is 2.19. The van der Waals surface area contributed by atoms with E-state index in [1.165, 1.54) is 0 Å². The molecular formula is C15H21N3O3. The molecule has 1 aromatic rings. The van der Waals surface area contributed by atoms with E-state index in [2.05, 4.69) is 15.6 Å². The van der Waals surface area contributed by atoms with Gasteiger partial charge < -0.3 is 15.7 Å². The Bertz CT molecular complexity index is 484. The van der Waals surface area contributed by atoms with E-state index in [0.717, 1.165) is 25.7 Å². The zero-order valence-electron chi connectivity index (χ0n) is 12.1. The molecule has 0 saturated heterocycles. The molecule has 1 aromatic heterocycles. The second-order valence-electron chi connectivity index (χ2n) is 5.49. The molecule has 0 radical (unpaired) electrons. The highest BCUT2D eigenvalue weighted by molar-refractivity contribution is 5.94. The van der Waals surface area contributed by atoms with Gasteiger partial charge in [-0.25, -0.2) is 0 Å². The number of aliphatic carboxylic acids is 1. The van der Waals surface area contributed by atoms with E-state index >= 15 is 0 Å². The highest BCUT2D eigenvalue weighted by Gasteiger charge is 2.25. The Hall–Kier alpha value is -1.95. The van der Waals surface area contributed by atoms with Crippen LogP contribution >= 0.6 is 0 Å². The SMILES string of the molecule is CC(NC1CCC(NC(=O)c2cccnc2)CC1)C(=O)O. The van der Waals surface area contributed by atoms with Gasteiger partial charge in [0, 0.05) is 24.5 Å². The number of carbonyl (C=O) groups excluding carboxylic acids is 1. The molecule has 0 aliphatic heterocycles. The van der Waals surface area contributed by atoms with Crippen molar-refractivity contribution in [3.8, 4) is 0 Å². The smallest absolute Gasteiger partial charge is 0.320 e. The summed E-state index contributed by atoms with van der Waals surface area (Å²) in [6.07, 6.45) is 6.64. The van der Waals surface area contributed by atoms with Crippen LogP contribution in [0.15, 0.2) is 24.5 Å². The maximum absolute atomic E-state index is 12.0. The van der Waals surface area contributed by atoms with Crippen molar-refractivity contribution in [2.45, 2.75) is 50.7 Å². The second-order valence-corrected chi connectivity index (χ2v) is 5.49. The summed E-state index contributed by atoms with van der Waals surface area (Å²) in [5.41, 5.74) is 0.567. The van der Waals surface area contributed by atoms with E-state index in [-0.39, 0.29) is 18.0 Å². The van der Waals surface area contributed by atoms with Gasteiger partial charge in [-0.3, -0.25) is 14.6 Å². The Balaban J connectivity index is 1.77. The molecule has 6 heteroatoms. The molecule has 1 aliphatic carbocycles. The summed E-state index contributed by atoms with van der Waals surface area (Å²) in [6.45, 7) is 1.65. The number of carbonyl (C=O) groups is 2. The van der Waals surface area contributed by atoms with Crippen LogP contribution in [0.3, 0.4) is 0 Å². The van der Waals surface area contributed by atoms with Crippen molar-refractivity contribution in [1.29, 1.82) is 0 Å². The zero-order chi connectivity index (χ0) is 15.2. The third-order valence-electron chi connectivity index (χ3n) is 3.84. The van der Waals surface area contributed by atoms with Gasteiger partial charge in [0.2, 0.25) is 0 Å². The van der Waals surface area contributed by atoms with E-state index < -0.39 is 12.0 Å². The van der Waals surface area contributed by atoms with Crippen LogP contribution in [0.5, 0.6) is 0 Å².